The molecular formula is C28H26FN3O3. The molecule has 1 atom stereocenters. The van der Waals surface area contributed by atoms with Crippen molar-refractivity contribution in [1.29, 1.82) is 0 Å². The minimum atomic E-state index is -1.05. The predicted molar refractivity (Wildman–Crippen MR) is 129 cm³/mol. The summed E-state index contributed by atoms with van der Waals surface area (Å²) in [6.07, 6.45) is 12.3. The van der Waals surface area contributed by atoms with Crippen molar-refractivity contribution in [1.82, 2.24) is 14.7 Å². The van der Waals surface area contributed by atoms with Crippen LogP contribution in [-0.2, 0) is 6.42 Å². The van der Waals surface area contributed by atoms with Crippen molar-refractivity contribution >= 4 is 12.1 Å². The van der Waals surface area contributed by atoms with Gasteiger partial charge in [0, 0.05) is 6.54 Å². The molecule has 1 N–H and O–H groups in total. The second-order valence-electron chi connectivity index (χ2n) is 9.72. The third-order valence-electron chi connectivity index (χ3n) is 7.79. The van der Waals surface area contributed by atoms with Crippen LogP contribution in [0.15, 0.2) is 48.5 Å². The van der Waals surface area contributed by atoms with Crippen LogP contribution in [0.2, 0.25) is 0 Å². The first-order valence-electron chi connectivity index (χ1n) is 11.6. The van der Waals surface area contributed by atoms with E-state index in [0.717, 1.165) is 16.7 Å². The number of carbonyl (C=O) groups is 2. The Morgan fingerprint density at radius 2 is 1.60 bits per heavy atom. The number of fused-ring (bicyclic) bond motifs is 1. The fraction of sp³-hybridized carbons (Fsp3) is 0.357. The molecule has 0 saturated heterocycles. The summed E-state index contributed by atoms with van der Waals surface area (Å²) >= 11 is 0. The zero-order chi connectivity index (χ0) is 24.8. The van der Waals surface area contributed by atoms with Crippen LogP contribution in [0.25, 0.3) is 0 Å². The fourth-order valence-corrected chi connectivity index (χ4v) is 6.25. The van der Waals surface area contributed by atoms with E-state index in [4.69, 9.17) is 12.8 Å². The van der Waals surface area contributed by atoms with Crippen LogP contribution in [0, 0.1) is 30.5 Å². The van der Waals surface area contributed by atoms with Gasteiger partial charge in [-0.2, -0.15) is 0 Å². The van der Waals surface area contributed by atoms with Gasteiger partial charge in [-0.15, -0.1) is 12.8 Å². The van der Waals surface area contributed by atoms with Gasteiger partial charge in [0.15, 0.2) is 0 Å². The van der Waals surface area contributed by atoms with Crippen molar-refractivity contribution in [3.63, 3.8) is 0 Å². The summed E-state index contributed by atoms with van der Waals surface area (Å²) in [6, 6.07) is 13.7. The van der Waals surface area contributed by atoms with E-state index in [1.54, 1.807) is 17.0 Å². The van der Waals surface area contributed by atoms with Crippen molar-refractivity contribution < 1.29 is 19.1 Å². The number of halogens is 1. The maximum atomic E-state index is 14.1. The van der Waals surface area contributed by atoms with Crippen molar-refractivity contribution in [2.45, 2.75) is 42.8 Å². The van der Waals surface area contributed by atoms with Crippen LogP contribution in [0.5, 0.6) is 0 Å². The molecule has 0 spiro atoms. The normalized spacial score (nSPS) is 25.7. The molecule has 178 valence electrons. The molecule has 3 saturated carbocycles. The van der Waals surface area contributed by atoms with Gasteiger partial charge < -0.3 is 14.9 Å². The van der Waals surface area contributed by atoms with E-state index in [-0.39, 0.29) is 31.0 Å². The Morgan fingerprint density at radius 3 is 2.23 bits per heavy atom. The van der Waals surface area contributed by atoms with E-state index < -0.39 is 17.2 Å². The molecule has 35 heavy (non-hydrogen) atoms. The second-order valence-corrected chi connectivity index (χ2v) is 9.72. The number of carbonyl (C=O) groups excluding carboxylic acids is 1. The Morgan fingerprint density at radius 1 is 1.00 bits per heavy atom. The second kappa shape index (κ2) is 8.36. The summed E-state index contributed by atoms with van der Waals surface area (Å²) in [6.45, 7) is 0.647. The summed E-state index contributed by atoms with van der Waals surface area (Å²) < 4.78 is 13.7. The van der Waals surface area contributed by atoms with E-state index in [0.29, 0.717) is 32.2 Å². The summed E-state index contributed by atoms with van der Waals surface area (Å²) in [7, 11) is 0. The van der Waals surface area contributed by atoms with Crippen LogP contribution >= 0.6 is 0 Å². The van der Waals surface area contributed by atoms with Crippen LogP contribution in [-0.4, -0.2) is 62.6 Å². The molecule has 2 aromatic rings. The van der Waals surface area contributed by atoms with Gasteiger partial charge in [0.05, 0.1) is 30.2 Å². The van der Waals surface area contributed by atoms with Gasteiger partial charge >= 0.3 is 12.1 Å². The minimum Gasteiger partial charge on any atom is -0.465 e. The monoisotopic (exact) mass is 471 g/mol. The molecular weight excluding hydrogens is 445 g/mol. The first kappa shape index (κ1) is 22.8. The summed E-state index contributed by atoms with van der Waals surface area (Å²) in [5.74, 6) is 4.71. The first-order chi connectivity index (χ1) is 16.8. The average molecular weight is 472 g/mol. The zero-order valence-corrected chi connectivity index (χ0v) is 19.3. The third-order valence-corrected chi connectivity index (χ3v) is 7.79. The molecule has 0 radical (unpaired) electrons. The van der Waals surface area contributed by atoms with Gasteiger partial charge in [-0.3, -0.25) is 4.90 Å². The molecule has 1 aliphatic heterocycles. The standard InChI is InChI=1S/C28H26FN3O3/c1-3-14-31(27-17-28(18-27,19-27)32(15-4-2)26(34)35)25(33)30-16-13-20-7-5-6-8-23(20)24(30)21-9-11-22(29)12-10-21/h1-2,5-12,24H,13-19H2,(H,34,35)/t24-,27?,28?/m0/s1. The molecule has 3 aliphatic carbocycles. The Balaban J connectivity index is 1.45. The van der Waals surface area contributed by atoms with Crippen LogP contribution in [0.4, 0.5) is 14.0 Å². The average Bonchev–Trinajstić information content (AvgIpc) is 2.80. The van der Waals surface area contributed by atoms with E-state index in [1.165, 1.54) is 17.0 Å². The molecule has 6 nitrogen and oxygen atoms in total. The Hall–Kier alpha value is -3.97. The molecule has 6 rings (SSSR count). The number of hydrogen-bond donors (Lipinski definition) is 1. The van der Waals surface area contributed by atoms with Crippen LogP contribution in [0.3, 0.4) is 0 Å². The molecule has 7 heteroatoms. The number of nitrogens with zero attached hydrogens (tertiary/aromatic N) is 3. The molecule has 0 aromatic heterocycles. The summed E-state index contributed by atoms with van der Waals surface area (Å²) in [5, 5.41) is 9.62. The summed E-state index contributed by atoms with van der Waals surface area (Å²) in [4.78, 5) is 30.7. The Bertz CT molecular complexity index is 1240. The van der Waals surface area contributed by atoms with E-state index in [2.05, 4.69) is 17.9 Å². The largest absolute Gasteiger partial charge is 0.465 e. The van der Waals surface area contributed by atoms with Crippen molar-refractivity contribution in [2.24, 2.45) is 0 Å². The number of hydrogen-bond acceptors (Lipinski definition) is 2. The number of terminal acetylenes is 2. The van der Waals surface area contributed by atoms with Crippen molar-refractivity contribution in [2.75, 3.05) is 19.6 Å². The molecule has 2 bridgehead atoms. The number of benzene rings is 2. The number of carboxylic acid groups (broad SMARTS) is 1. The molecule has 0 unspecified atom stereocenters. The number of amides is 3. The molecule has 4 aliphatic rings. The lowest BCUT2D eigenvalue weighted by Crippen LogP contribution is -2.85. The third kappa shape index (κ3) is 3.51. The van der Waals surface area contributed by atoms with Gasteiger partial charge in [-0.05, 0) is 54.5 Å². The van der Waals surface area contributed by atoms with Gasteiger partial charge in [0.25, 0.3) is 0 Å². The highest BCUT2D eigenvalue weighted by Gasteiger charge is 2.74. The molecule has 1 heterocycles. The Kier molecular flexibility index (Phi) is 5.44. The fourth-order valence-electron chi connectivity index (χ4n) is 6.25. The maximum Gasteiger partial charge on any atom is 0.408 e. The maximum absolute atomic E-state index is 14.1. The quantitative estimate of drug-likeness (QED) is 0.668. The van der Waals surface area contributed by atoms with Crippen molar-refractivity contribution in [3.8, 4) is 24.7 Å². The first-order valence-corrected chi connectivity index (χ1v) is 11.6. The van der Waals surface area contributed by atoms with Gasteiger partial charge in [0.2, 0.25) is 0 Å². The van der Waals surface area contributed by atoms with Crippen molar-refractivity contribution in [3.05, 3.63) is 71.0 Å². The number of rotatable bonds is 5. The number of urea groups is 1. The highest BCUT2D eigenvalue weighted by molar-refractivity contribution is 5.79. The lowest BCUT2D eigenvalue weighted by molar-refractivity contribution is -0.203. The highest BCUT2D eigenvalue weighted by atomic mass is 19.1. The topological polar surface area (TPSA) is 64.1 Å². The lowest BCUT2D eigenvalue weighted by Gasteiger charge is -2.75. The molecule has 3 amide bonds. The van der Waals surface area contributed by atoms with E-state index >= 15 is 0 Å². The zero-order valence-electron chi connectivity index (χ0n) is 19.3. The molecule has 2 aromatic carbocycles. The lowest BCUT2D eigenvalue weighted by atomic mass is 9.42. The minimum absolute atomic E-state index is 0.0179. The Labute approximate surface area is 204 Å². The van der Waals surface area contributed by atoms with Crippen LogP contribution < -0.4 is 0 Å². The highest BCUT2D eigenvalue weighted by Crippen LogP contribution is 2.66. The van der Waals surface area contributed by atoms with Gasteiger partial charge in [-0.1, -0.05) is 48.2 Å². The van der Waals surface area contributed by atoms with E-state index in [9.17, 15) is 19.1 Å². The van der Waals surface area contributed by atoms with Gasteiger partial charge in [-0.25, -0.2) is 14.0 Å². The smallest absolute Gasteiger partial charge is 0.408 e. The SMILES string of the molecule is C#CCN(C(=O)O)C12CC(N(CC#C)C(=O)N3CCc4ccccc4[C@@H]3c3ccc(F)cc3)(C1)C2. The predicted octanol–water partition coefficient (Wildman–Crippen LogP) is 4.12. The van der Waals surface area contributed by atoms with Gasteiger partial charge in [0.1, 0.15) is 5.82 Å². The summed E-state index contributed by atoms with van der Waals surface area (Å²) in [5.41, 5.74) is 1.99. The van der Waals surface area contributed by atoms with E-state index in [1.807, 2.05) is 23.1 Å². The molecule has 3 fully saturated rings. The van der Waals surface area contributed by atoms with Crippen LogP contribution in [0.1, 0.15) is 42.0 Å².